The highest BCUT2D eigenvalue weighted by Gasteiger charge is 2.43. The molecule has 5 nitrogen and oxygen atoms in total. The van der Waals surface area contributed by atoms with Crippen LogP contribution in [0.15, 0.2) is 55.1 Å². The van der Waals surface area contributed by atoms with E-state index < -0.39 is 17.7 Å². The Hall–Kier alpha value is -3.16. The monoisotopic (exact) mass is 445 g/mol. The summed E-state index contributed by atoms with van der Waals surface area (Å²) < 4.78 is 45.4. The molecule has 2 aliphatic heterocycles. The van der Waals surface area contributed by atoms with Crippen molar-refractivity contribution in [2.75, 3.05) is 43.1 Å². The number of carbonyl (C=O) groups is 1. The van der Waals surface area contributed by atoms with E-state index in [4.69, 9.17) is 4.74 Å². The molecule has 0 saturated carbocycles. The van der Waals surface area contributed by atoms with Gasteiger partial charge in [0.15, 0.2) is 0 Å². The average Bonchev–Trinajstić information content (AvgIpc) is 2.80. The molecule has 8 heteroatoms. The van der Waals surface area contributed by atoms with E-state index in [2.05, 4.69) is 21.7 Å². The molecular formula is C24H26F3N3O2. The van der Waals surface area contributed by atoms with Gasteiger partial charge in [0, 0.05) is 31.9 Å². The molecule has 0 radical (unpaired) electrons. The zero-order chi connectivity index (χ0) is 22.9. The highest BCUT2D eigenvalue weighted by Crippen LogP contribution is 2.41. The topological polar surface area (TPSA) is 44.8 Å². The Balaban J connectivity index is 1.69. The number of nitrogens with one attached hydrogen (secondary N) is 1. The van der Waals surface area contributed by atoms with Crippen LogP contribution in [0.25, 0.3) is 0 Å². The number of halogens is 3. The van der Waals surface area contributed by atoms with Crippen molar-refractivity contribution < 1.29 is 22.7 Å². The van der Waals surface area contributed by atoms with Crippen molar-refractivity contribution in [1.29, 1.82) is 0 Å². The number of alkyl halides is 3. The molecule has 0 aliphatic carbocycles. The fourth-order valence-electron chi connectivity index (χ4n) is 4.71. The van der Waals surface area contributed by atoms with Gasteiger partial charge in [0.25, 0.3) is 0 Å². The Kier molecular flexibility index (Phi) is 6.04. The number of benzene rings is 2. The molecule has 0 unspecified atom stereocenters. The Morgan fingerprint density at radius 1 is 1.22 bits per heavy atom. The number of para-hydroxylation sites is 2. The van der Waals surface area contributed by atoms with Crippen molar-refractivity contribution in [2.24, 2.45) is 5.92 Å². The normalized spacial score (nSPS) is 20.2. The molecule has 2 atom stereocenters. The summed E-state index contributed by atoms with van der Waals surface area (Å²) in [5, 5.41) is 2.84. The Morgan fingerprint density at radius 2 is 2.00 bits per heavy atom. The number of rotatable bonds is 5. The maximum absolute atomic E-state index is 13.3. The second kappa shape index (κ2) is 8.76. The summed E-state index contributed by atoms with van der Waals surface area (Å²) in [6.07, 6.45) is -2.57. The van der Waals surface area contributed by atoms with Crippen LogP contribution in [0.3, 0.4) is 0 Å². The molecule has 1 N–H and O–H groups in total. The molecule has 0 aromatic heterocycles. The van der Waals surface area contributed by atoms with Crippen LogP contribution in [-0.2, 0) is 17.4 Å². The van der Waals surface area contributed by atoms with Gasteiger partial charge in [-0.2, -0.15) is 13.2 Å². The number of anilines is 2. The largest absolute Gasteiger partial charge is 0.495 e. The van der Waals surface area contributed by atoms with Crippen LogP contribution in [-0.4, -0.2) is 45.2 Å². The highest BCUT2D eigenvalue weighted by atomic mass is 19.4. The standard InChI is InChI=1S/C24H26F3N3O2/c1-3-10-28-23(31)18-14-16-13-17(24(25,26)27)8-9-19(16)30-12-11-29(15-21(18)30)20-6-4-5-7-22(20)32-2/h3-9,13,18,21H,1,10-12,14-15H2,2H3,(H,28,31)/t18-,21-/m1/s1. The number of fused-ring (bicyclic) bond motifs is 3. The van der Waals surface area contributed by atoms with Gasteiger partial charge in [-0.25, -0.2) is 0 Å². The van der Waals surface area contributed by atoms with E-state index in [0.717, 1.165) is 23.2 Å². The number of ether oxygens (including phenoxy) is 1. The maximum atomic E-state index is 13.3. The SMILES string of the molecule is C=CCNC(=O)[C@@H]1Cc2cc(C(F)(F)F)ccc2N2CCN(c3ccccc3OC)C[C@H]12. The Morgan fingerprint density at radius 3 is 2.72 bits per heavy atom. The summed E-state index contributed by atoms with van der Waals surface area (Å²) >= 11 is 0. The lowest BCUT2D eigenvalue weighted by molar-refractivity contribution is -0.137. The number of piperazine rings is 1. The van der Waals surface area contributed by atoms with Gasteiger partial charge < -0.3 is 19.9 Å². The molecular weight excluding hydrogens is 419 g/mol. The first-order valence-corrected chi connectivity index (χ1v) is 10.6. The van der Waals surface area contributed by atoms with Gasteiger partial charge in [-0.1, -0.05) is 18.2 Å². The number of hydrogen-bond donors (Lipinski definition) is 1. The summed E-state index contributed by atoms with van der Waals surface area (Å²) in [7, 11) is 1.62. The van der Waals surface area contributed by atoms with Crippen LogP contribution in [0.2, 0.25) is 0 Å². The van der Waals surface area contributed by atoms with Gasteiger partial charge in [-0.05, 0) is 42.3 Å². The Bertz CT molecular complexity index is 1010. The third-order valence-corrected chi connectivity index (χ3v) is 6.22. The first-order valence-electron chi connectivity index (χ1n) is 10.6. The lowest BCUT2D eigenvalue weighted by Gasteiger charge is -2.49. The molecule has 0 spiro atoms. The molecule has 4 rings (SSSR count). The van der Waals surface area contributed by atoms with Gasteiger partial charge in [0.2, 0.25) is 5.91 Å². The molecule has 0 bridgehead atoms. The summed E-state index contributed by atoms with van der Waals surface area (Å²) in [6.45, 7) is 5.76. The van der Waals surface area contributed by atoms with Crippen LogP contribution in [0.5, 0.6) is 5.75 Å². The third kappa shape index (κ3) is 4.13. The third-order valence-electron chi connectivity index (χ3n) is 6.22. The van der Waals surface area contributed by atoms with E-state index >= 15 is 0 Å². The van der Waals surface area contributed by atoms with Crippen molar-refractivity contribution in [3.05, 3.63) is 66.2 Å². The molecule has 2 aliphatic rings. The number of amides is 1. The zero-order valence-electron chi connectivity index (χ0n) is 17.9. The molecule has 1 amide bonds. The second-order valence-electron chi connectivity index (χ2n) is 8.06. The fraction of sp³-hybridized carbons (Fsp3) is 0.375. The van der Waals surface area contributed by atoms with Gasteiger partial charge in [0.05, 0.1) is 30.3 Å². The summed E-state index contributed by atoms with van der Waals surface area (Å²) in [6, 6.07) is 11.4. The molecule has 32 heavy (non-hydrogen) atoms. The number of hydrogen-bond acceptors (Lipinski definition) is 4. The minimum atomic E-state index is -4.42. The van der Waals surface area contributed by atoms with E-state index in [1.807, 2.05) is 24.3 Å². The first-order chi connectivity index (χ1) is 15.3. The van der Waals surface area contributed by atoms with Gasteiger partial charge in [-0.3, -0.25) is 4.79 Å². The van der Waals surface area contributed by atoms with Crippen LogP contribution in [0, 0.1) is 5.92 Å². The van der Waals surface area contributed by atoms with E-state index in [9.17, 15) is 18.0 Å². The number of carbonyl (C=O) groups excluding carboxylic acids is 1. The molecule has 170 valence electrons. The minimum absolute atomic E-state index is 0.176. The minimum Gasteiger partial charge on any atom is -0.495 e. The predicted molar refractivity (Wildman–Crippen MR) is 118 cm³/mol. The smallest absolute Gasteiger partial charge is 0.416 e. The summed E-state index contributed by atoms with van der Waals surface area (Å²) in [4.78, 5) is 17.3. The highest BCUT2D eigenvalue weighted by molar-refractivity contribution is 5.82. The van der Waals surface area contributed by atoms with Gasteiger partial charge in [0.1, 0.15) is 5.75 Å². The molecule has 2 aromatic carbocycles. The lowest BCUT2D eigenvalue weighted by Crippen LogP contribution is -2.61. The maximum Gasteiger partial charge on any atom is 0.416 e. The van der Waals surface area contributed by atoms with E-state index in [1.165, 1.54) is 6.07 Å². The predicted octanol–water partition coefficient (Wildman–Crippen LogP) is 3.88. The second-order valence-corrected chi connectivity index (χ2v) is 8.06. The quantitative estimate of drug-likeness (QED) is 0.710. The summed E-state index contributed by atoms with van der Waals surface area (Å²) in [5.74, 6) is 0.0907. The lowest BCUT2D eigenvalue weighted by atomic mass is 9.82. The van der Waals surface area contributed by atoms with Crippen molar-refractivity contribution in [3.63, 3.8) is 0 Å². The zero-order valence-corrected chi connectivity index (χ0v) is 17.9. The van der Waals surface area contributed by atoms with Crippen LogP contribution >= 0.6 is 0 Å². The average molecular weight is 445 g/mol. The van der Waals surface area contributed by atoms with E-state index in [1.54, 1.807) is 19.3 Å². The molecule has 2 aromatic rings. The summed E-state index contributed by atoms with van der Waals surface area (Å²) in [5.41, 5.74) is 1.58. The molecule has 1 fully saturated rings. The first kappa shape index (κ1) is 22.0. The van der Waals surface area contributed by atoms with Crippen LogP contribution in [0.4, 0.5) is 24.5 Å². The number of nitrogens with zero attached hydrogens (tertiary/aromatic N) is 2. The molecule has 2 heterocycles. The van der Waals surface area contributed by atoms with Crippen molar-refractivity contribution in [2.45, 2.75) is 18.6 Å². The van der Waals surface area contributed by atoms with Crippen molar-refractivity contribution >= 4 is 17.3 Å². The fourth-order valence-corrected chi connectivity index (χ4v) is 4.71. The van der Waals surface area contributed by atoms with Crippen molar-refractivity contribution in [1.82, 2.24) is 5.32 Å². The van der Waals surface area contributed by atoms with Crippen LogP contribution in [0.1, 0.15) is 11.1 Å². The molecule has 1 saturated heterocycles. The van der Waals surface area contributed by atoms with Crippen LogP contribution < -0.4 is 19.9 Å². The van der Waals surface area contributed by atoms with Gasteiger partial charge >= 0.3 is 6.18 Å². The Labute approximate surface area is 185 Å². The number of methoxy groups -OCH3 is 1. The van der Waals surface area contributed by atoms with E-state index in [-0.39, 0.29) is 18.4 Å². The van der Waals surface area contributed by atoms with E-state index in [0.29, 0.717) is 31.7 Å². The van der Waals surface area contributed by atoms with Gasteiger partial charge in [-0.15, -0.1) is 6.58 Å². The van der Waals surface area contributed by atoms with Crippen molar-refractivity contribution in [3.8, 4) is 5.75 Å².